The van der Waals surface area contributed by atoms with Gasteiger partial charge in [0.15, 0.2) is 0 Å². The molecule has 0 atom stereocenters. The molecule has 2 rings (SSSR count). The van der Waals surface area contributed by atoms with Crippen LogP contribution in [0.2, 0.25) is 0 Å². The van der Waals surface area contributed by atoms with E-state index in [1.54, 1.807) is 11.8 Å². The highest BCUT2D eigenvalue weighted by atomic mass is 32.2. The summed E-state index contributed by atoms with van der Waals surface area (Å²) in [6.07, 6.45) is -0.903. The van der Waals surface area contributed by atoms with Gasteiger partial charge in [-0.1, -0.05) is 25.1 Å². The molecule has 2 N–H and O–H groups in total. The largest absolute Gasteiger partial charge is 0.432 e. The molecule has 7 heteroatoms. The number of rotatable bonds is 5. The van der Waals surface area contributed by atoms with Gasteiger partial charge in [-0.25, -0.2) is 4.98 Å². The zero-order chi connectivity index (χ0) is 16.2. The van der Waals surface area contributed by atoms with E-state index in [2.05, 4.69) is 9.97 Å². The second-order valence-electron chi connectivity index (χ2n) is 4.36. The summed E-state index contributed by atoms with van der Waals surface area (Å²) in [4.78, 5) is 6.79. The molecule has 116 valence electrons. The summed E-state index contributed by atoms with van der Waals surface area (Å²) in [5, 5.41) is 8.06. The van der Waals surface area contributed by atoms with Crippen LogP contribution in [0.3, 0.4) is 0 Å². The Labute approximate surface area is 130 Å². The van der Waals surface area contributed by atoms with Crippen molar-refractivity contribution in [3.63, 3.8) is 0 Å². The lowest BCUT2D eigenvalue weighted by Crippen LogP contribution is -2.04. The molecule has 2 aromatic rings. The van der Waals surface area contributed by atoms with Gasteiger partial charge in [-0.2, -0.15) is 13.2 Å². The van der Waals surface area contributed by atoms with Crippen molar-refractivity contribution in [2.75, 3.05) is 5.75 Å². The van der Waals surface area contributed by atoms with Crippen LogP contribution in [-0.4, -0.2) is 21.4 Å². The maximum absolute atomic E-state index is 12.5. The van der Waals surface area contributed by atoms with Crippen LogP contribution in [0.25, 0.3) is 6.08 Å². The van der Waals surface area contributed by atoms with Crippen molar-refractivity contribution < 1.29 is 13.2 Å². The number of halogens is 3. The van der Waals surface area contributed by atoms with Crippen LogP contribution in [0.4, 0.5) is 13.2 Å². The zero-order valence-electron chi connectivity index (χ0n) is 11.7. The van der Waals surface area contributed by atoms with Crippen molar-refractivity contribution in [1.82, 2.24) is 9.97 Å². The third kappa shape index (κ3) is 4.00. The summed E-state index contributed by atoms with van der Waals surface area (Å²) < 4.78 is 37.4. The number of aromatic nitrogens is 2. The Morgan fingerprint density at radius 1 is 1.36 bits per heavy atom. The van der Waals surface area contributed by atoms with Gasteiger partial charge in [0.1, 0.15) is 11.5 Å². The molecule has 0 spiro atoms. The van der Waals surface area contributed by atoms with Crippen LogP contribution in [0, 0.1) is 5.41 Å². The summed E-state index contributed by atoms with van der Waals surface area (Å²) in [5.41, 5.74) is 0.0651. The number of nitrogens with one attached hydrogen (secondary N) is 2. The Kier molecular flexibility index (Phi) is 5.07. The van der Waals surface area contributed by atoms with Gasteiger partial charge < -0.3 is 10.4 Å². The van der Waals surface area contributed by atoms with Crippen molar-refractivity contribution in [2.24, 2.45) is 0 Å². The molecule has 22 heavy (non-hydrogen) atoms. The fourth-order valence-electron chi connectivity index (χ4n) is 1.79. The van der Waals surface area contributed by atoms with Gasteiger partial charge in [0.2, 0.25) is 0 Å². The number of aromatic amines is 1. The maximum atomic E-state index is 12.5. The van der Waals surface area contributed by atoms with E-state index in [4.69, 9.17) is 5.41 Å². The molecule has 0 unspecified atom stereocenters. The van der Waals surface area contributed by atoms with Gasteiger partial charge in [0, 0.05) is 10.5 Å². The van der Waals surface area contributed by atoms with Gasteiger partial charge in [-0.15, -0.1) is 11.8 Å². The molecule has 0 radical (unpaired) electrons. The number of allylic oxidation sites excluding steroid dienone is 1. The highest BCUT2D eigenvalue weighted by molar-refractivity contribution is 7.99. The Balaban J connectivity index is 2.17. The highest BCUT2D eigenvalue weighted by Crippen LogP contribution is 2.27. The van der Waals surface area contributed by atoms with Crippen LogP contribution in [-0.2, 0) is 6.18 Å². The van der Waals surface area contributed by atoms with Crippen molar-refractivity contribution >= 4 is 23.5 Å². The Hall–Kier alpha value is -2.02. The second kappa shape index (κ2) is 6.83. The van der Waals surface area contributed by atoms with Crippen LogP contribution in [0.5, 0.6) is 0 Å². The molecule has 0 bridgehead atoms. The standard InChI is InChI=1S/C15H14F3N3S/c1-2-22-12-6-4-3-5-10(12)11(19)7-8-14-20-9-13(21-14)15(16,17)18/h3-9,19H,2H2,1H3,(H,20,21)/b8-7-,19-11?. The summed E-state index contributed by atoms with van der Waals surface area (Å²) in [6.45, 7) is 2.02. The van der Waals surface area contributed by atoms with Gasteiger partial charge in [0.25, 0.3) is 0 Å². The number of imidazole rings is 1. The molecule has 0 aliphatic rings. The summed E-state index contributed by atoms with van der Waals surface area (Å²) in [7, 11) is 0. The van der Waals surface area contributed by atoms with E-state index in [9.17, 15) is 13.2 Å². The van der Waals surface area contributed by atoms with Crippen molar-refractivity contribution in [3.8, 4) is 0 Å². The predicted octanol–water partition coefficient (Wildman–Crippen LogP) is 4.62. The van der Waals surface area contributed by atoms with E-state index in [1.165, 1.54) is 12.2 Å². The average Bonchev–Trinajstić information content (AvgIpc) is 2.95. The Morgan fingerprint density at radius 2 is 2.09 bits per heavy atom. The van der Waals surface area contributed by atoms with E-state index < -0.39 is 11.9 Å². The highest BCUT2D eigenvalue weighted by Gasteiger charge is 2.32. The van der Waals surface area contributed by atoms with Crippen molar-refractivity contribution in [2.45, 2.75) is 18.0 Å². The van der Waals surface area contributed by atoms with Crippen LogP contribution in [0.1, 0.15) is 24.0 Å². The van der Waals surface area contributed by atoms with Crippen LogP contribution >= 0.6 is 11.8 Å². The van der Waals surface area contributed by atoms with E-state index in [0.29, 0.717) is 0 Å². The van der Waals surface area contributed by atoms with E-state index in [0.717, 1.165) is 22.4 Å². The monoisotopic (exact) mass is 325 g/mol. The van der Waals surface area contributed by atoms with E-state index in [1.807, 2.05) is 31.2 Å². The van der Waals surface area contributed by atoms with Gasteiger partial charge in [-0.05, 0) is 24.0 Å². The second-order valence-corrected chi connectivity index (χ2v) is 5.66. The normalized spacial score (nSPS) is 12.0. The zero-order valence-corrected chi connectivity index (χ0v) is 12.6. The average molecular weight is 325 g/mol. The first-order chi connectivity index (χ1) is 10.4. The molecule has 1 aromatic heterocycles. The smallest absolute Gasteiger partial charge is 0.335 e. The summed E-state index contributed by atoms with van der Waals surface area (Å²) >= 11 is 1.61. The van der Waals surface area contributed by atoms with Gasteiger partial charge in [0.05, 0.1) is 11.9 Å². The minimum absolute atomic E-state index is 0.0673. The molecular weight excluding hydrogens is 311 g/mol. The van der Waals surface area contributed by atoms with E-state index >= 15 is 0 Å². The van der Waals surface area contributed by atoms with Gasteiger partial charge >= 0.3 is 6.18 Å². The lowest BCUT2D eigenvalue weighted by atomic mass is 10.1. The predicted molar refractivity (Wildman–Crippen MR) is 82.3 cm³/mol. The number of hydrogen-bond donors (Lipinski definition) is 2. The molecule has 0 aliphatic heterocycles. The number of H-pyrrole nitrogens is 1. The number of nitrogens with zero attached hydrogens (tertiary/aromatic N) is 1. The fourth-order valence-corrected chi connectivity index (χ4v) is 2.61. The molecule has 0 saturated heterocycles. The SMILES string of the molecule is CCSc1ccccc1C(=N)/C=C\c1ncc(C(F)(F)F)[nH]1. The third-order valence-corrected chi connectivity index (χ3v) is 3.74. The Bertz CT molecular complexity index is 689. The van der Waals surface area contributed by atoms with Crippen molar-refractivity contribution in [1.29, 1.82) is 5.41 Å². The summed E-state index contributed by atoms with van der Waals surface area (Å²) in [6, 6.07) is 7.45. The lowest BCUT2D eigenvalue weighted by Gasteiger charge is -2.06. The molecule has 0 amide bonds. The number of hydrogen-bond acceptors (Lipinski definition) is 3. The topological polar surface area (TPSA) is 52.5 Å². The molecule has 3 nitrogen and oxygen atoms in total. The minimum Gasteiger partial charge on any atom is -0.335 e. The summed E-state index contributed by atoms with van der Waals surface area (Å²) in [5.74, 6) is 0.943. The molecule has 1 heterocycles. The van der Waals surface area contributed by atoms with E-state index in [-0.39, 0.29) is 11.5 Å². The third-order valence-electron chi connectivity index (χ3n) is 2.79. The first-order valence-electron chi connectivity index (χ1n) is 6.53. The molecule has 0 fully saturated rings. The molecule has 0 aliphatic carbocycles. The molecular formula is C15H14F3N3S. The first-order valence-corrected chi connectivity index (χ1v) is 7.51. The van der Waals surface area contributed by atoms with Crippen LogP contribution < -0.4 is 0 Å². The maximum Gasteiger partial charge on any atom is 0.432 e. The first kappa shape index (κ1) is 16.4. The quantitative estimate of drug-likeness (QED) is 0.622. The van der Waals surface area contributed by atoms with Gasteiger partial charge in [-0.3, -0.25) is 0 Å². The minimum atomic E-state index is -4.45. The molecule has 0 saturated carbocycles. The van der Waals surface area contributed by atoms with Crippen molar-refractivity contribution in [3.05, 3.63) is 53.6 Å². The Morgan fingerprint density at radius 3 is 2.73 bits per heavy atom. The van der Waals surface area contributed by atoms with Crippen LogP contribution in [0.15, 0.2) is 41.4 Å². The number of alkyl halides is 3. The fraction of sp³-hybridized carbons (Fsp3) is 0.200. The number of thioether (sulfide) groups is 1. The molecule has 1 aromatic carbocycles. The lowest BCUT2D eigenvalue weighted by molar-refractivity contribution is -0.140. The number of benzene rings is 1.